The molecule has 0 fully saturated rings. The van der Waals surface area contributed by atoms with E-state index in [2.05, 4.69) is 31.3 Å². The van der Waals surface area contributed by atoms with Crippen LogP contribution in [0.15, 0.2) is 22.7 Å². The van der Waals surface area contributed by atoms with E-state index >= 15 is 0 Å². The van der Waals surface area contributed by atoms with Crippen LogP contribution >= 0.6 is 27.5 Å². The maximum Gasteiger partial charge on any atom is 0.319 e. The number of rotatable bonds is 7. The first kappa shape index (κ1) is 18.2. The topological polar surface area (TPSA) is 87.3 Å². The quantitative estimate of drug-likeness (QED) is 0.617. The van der Waals surface area contributed by atoms with Gasteiger partial charge in [-0.2, -0.15) is 0 Å². The van der Waals surface area contributed by atoms with Gasteiger partial charge in [0, 0.05) is 17.6 Å². The molecule has 0 atom stereocenters. The second-order valence-electron chi connectivity index (χ2n) is 4.16. The number of urea groups is 1. The van der Waals surface area contributed by atoms with E-state index in [1.807, 2.05) is 0 Å². The lowest BCUT2D eigenvalue weighted by Gasteiger charge is -2.09. The Hall–Kier alpha value is -0.830. The first-order valence-corrected chi connectivity index (χ1v) is 9.13. The molecule has 0 spiro atoms. The number of benzene rings is 1. The Kier molecular flexibility index (Phi) is 7.44. The van der Waals surface area contributed by atoms with Crippen LogP contribution in [0, 0.1) is 0 Å². The number of nitrogens with one attached hydrogen (secondary N) is 3. The number of hydrogen-bond acceptors (Lipinski definition) is 3. The predicted molar refractivity (Wildman–Crippen MR) is 88.3 cm³/mol. The summed E-state index contributed by atoms with van der Waals surface area (Å²) in [7, 11) is -3.18. The molecule has 0 radical (unpaired) electrons. The summed E-state index contributed by atoms with van der Waals surface area (Å²) in [5.41, 5.74) is 0.504. The molecular weight excluding hydrogens is 382 g/mol. The molecule has 9 heteroatoms. The molecule has 0 saturated carbocycles. The normalized spacial score (nSPS) is 11.2. The van der Waals surface area contributed by atoms with Crippen molar-refractivity contribution >= 4 is 49.3 Å². The van der Waals surface area contributed by atoms with Gasteiger partial charge in [0.2, 0.25) is 10.0 Å². The Morgan fingerprint density at radius 1 is 1.33 bits per heavy atom. The fourth-order valence-electron chi connectivity index (χ4n) is 1.38. The van der Waals surface area contributed by atoms with Gasteiger partial charge in [0.25, 0.3) is 0 Å². The highest BCUT2D eigenvalue weighted by molar-refractivity contribution is 9.10. The van der Waals surface area contributed by atoms with Gasteiger partial charge in [-0.05, 0) is 31.5 Å². The summed E-state index contributed by atoms with van der Waals surface area (Å²) >= 11 is 9.25. The molecule has 6 nitrogen and oxygen atoms in total. The number of amides is 2. The molecule has 0 aliphatic carbocycles. The van der Waals surface area contributed by atoms with Gasteiger partial charge in [0.1, 0.15) is 0 Å². The van der Waals surface area contributed by atoms with E-state index in [0.29, 0.717) is 23.7 Å². The number of anilines is 1. The largest absolute Gasteiger partial charge is 0.338 e. The standard InChI is InChI=1S/C12H17BrClN3O3S/c1-2-21(19,20)16-7-3-6-15-12(18)17-11-5-4-9(13)8-10(11)14/h4-5,8,16H,2-3,6-7H2,1H3,(H2,15,17,18). The number of carbonyl (C=O) groups excluding carboxylic acids is 1. The SMILES string of the molecule is CCS(=O)(=O)NCCCNC(=O)Nc1ccc(Br)cc1Cl. The van der Waals surface area contributed by atoms with Crippen molar-refractivity contribution in [2.24, 2.45) is 0 Å². The Bertz CT molecular complexity index is 595. The van der Waals surface area contributed by atoms with Crippen LogP contribution in [0.1, 0.15) is 13.3 Å². The lowest BCUT2D eigenvalue weighted by molar-refractivity contribution is 0.252. The van der Waals surface area contributed by atoms with Crippen molar-refractivity contribution in [2.45, 2.75) is 13.3 Å². The molecule has 1 rings (SSSR count). The van der Waals surface area contributed by atoms with E-state index in [4.69, 9.17) is 11.6 Å². The average molecular weight is 399 g/mol. The van der Waals surface area contributed by atoms with E-state index in [1.165, 1.54) is 0 Å². The molecule has 0 aromatic heterocycles. The molecule has 0 saturated heterocycles. The highest BCUT2D eigenvalue weighted by Crippen LogP contribution is 2.25. The molecule has 118 valence electrons. The maximum atomic E-state index is 11.6. The molecular formula is C12H17BrClN3O3S. The molecule has 0 aliphatic heterocycles. The second-order valence-corrected chi connectivity index (χ2v) is 7.57. The zero-order valence-corrected chi connectivity index (χ0v) is 14.6. The van der Waals surface area contributed by atoms with Crippen molar-refractivity contribution in [1.29, 1.82) is 0 Å². The minimum absolute atomic E-state index is 0.0446. The molecule has 2 amide bonds. The van der Waals surface area contributed by atoms with Crippen LogP contribution in [0.3, 0.4) is 0 Å². The highest BCUT2D eigenvalue weighted by atomic mass is 79.9. The average Bonchev–Trinajstić information content (AvgIpc) is 2.41. The molecule has 0 bridgehead atoms. The zero-order chi connectivity index (χ0) is 15.9. The zero-order valence-electron chi connectivity index (χ0n) is 11.4. The van der Waals surface area contributed by atoms with E-state index in [1.54, 1.807) is 25.1 Å². The van der Waals surface area contributed by atoms with Crippen LogP contribution in [0.2, 0.25) is 5.02 Å². The van der Waals surface area contributed by atoms with Crippen molar-refractivity contribution in [3.63, 3.8) is 0 Å². The molecule has 1 aromatic rings. The molecule has 21 heavy (non-hydrogen) atoms. The highest BCUT2D eigenvalue weighted by Gasteiger charge is 2.07. The number of halogens is 2. The summed E-state index contributed by atoms with van der Waals surface area (Å²) in [6.45, 7) is 2.21. The lowest BCUT2D eigenvalue weighted by Crippen LogP contribution is -2.33. The van der Waals surface area contributed by atoms with Gasteiger partial charge in [-0.1, -0.05) is 27.5 Å². The predicted octanol–water partition coefficient (Wildman–Crippen LogP) is 2.55. The molecule has 0 heterocycles. The van der Waals surface area contributed by atoms with Gasteiger partial charge in [0.15, 0.2) is 0 Å². The van der Waals surface area contributed by atoms with Crippen molar-refractivity contribution in [3.05, 3.63) is 27.7 Å². The fraction of sp³-hybridized carbons (Fsp3) is 0.417. The van der Waals surface area contributed by atoms with Gasteiger partial charge in [0.05, 0.1) is 16.5 Å². The fourth-order valence-corrected chi connectivity index (χ4v) is 2.76. The maximum absolute atomic E-state index is 11.6. The van der Waals surface area contributed by atoms with Crippen molar-refractivity contribution in [2.75, 3.05) is 24.2 Å². The number of carbonyl (C=O) groups is 1. The third kappa shape index (κ3) is 7.12. The van der Waals surface area contributed by atoms with Crippen LogP contribution in [-0.4, -0.2) is 33.3 Å². The van der Waals surface area contributed by atoms with E-state index in [9.17, 15) is 13.2 Å². The van der Waals surface area contributed by atoms with Gasteiger partial charge in [-0.25, -0.2) is 17.9 Å². The Labute approximate surface area is 137 Å². The monoisotopic (exact) mass is 397 g/mol. The van der Waals surface area contributed by atoms with E-state index < -0.39 is 16.1 Å². The summed E-state index contributed by atoms with van der Waals surface area (Å²) in [5.74, 6) is 0.0446. The summed E-state index contributed by atoms with van der Waals surface area (Å²) in [4.78, 5) is 11.6. The number of hydrogen-bond donors (Lipinski definition) is 3. The lowest BCUT2D eigenvalue weighted by atomic mass is 10.3. The summed E-state index contributed by atoms with van der Waals surface area (Å²) < 4.78 is 25.6. The number of sulfonamides is 1. The van der Waals surface area contributed by atoms with E-state index in [0.717, 1.165) is 4.47 Å². The minimum Gasteiger partial charge on any atom is -0.338 e. The Morgan fingerprint density at radius 2 is 2.05 bits per heavy atom. The summed E-state index contributed by atoms with van der Waals surface area (Å²) in [6.07, 6.45) is 0.501. The third-order valence-corrected chi connectivity index (χ3v) is 4.73. The van der Waals surface area contributed by atoms with Crippen molar-refractivity contribution in [1.82, 2.24) is 10.0 Å². The first-order chi connectivity index (χ1) is 9.84. The van der Waals surface area contributed by atoms with Crippen LogP contribution in [0.5, 0.6) is 0 Å². The second kappa shape index (κ2) is 8.57. The van der Waals surface area contributed by atoms with Gasteiger partial charge in [-0.15, -0.1) is 0 Å². The Morgan fingerprint density at radius 3 is 2.67 bits per heavy atom. The van der Waals surface area contributed by atoms with Gasteiger partial charge < -0.3 is 10.6 Å². The third-order valence-electron chi connectivity index (χ3n) is 2.52. The Balaban J connectivity index is 2.29. The van der Waals surface area contributed by atoms with Crippen LogP contribution < -0.4 is 15.4 Å². The van der Waals surface area contributed by atoms with Crippen LogP contribution in [0.25, 0.3) is 0 Å². The van der Waals surface area contributed by atoms with Crippen molar-refractivity contribution < 1.29 is 13.2 Å². The van der Waals surface area contributed by atoms with E-state index in [-0.39, 0.29) is 12.3 Å². The van der Waals surface area contributed by atoms with Gasteiger partial charge >= 0.3 is 6.03 Å². The molecule has 3 N–H and O–H groups in total. The molecule has 1 aromatic carbocycles. The smallest absolute Gasteiger partial charge is 0.319 e. The summed E-state index contributed by atoms with van der Waals surface area (Å²) in [6, 6.07) is 4.73. The first-order valence-electron chi connectivity index (χ1n) is 6.31. The van der Waals surface area contributed by atoms with Gasteiger partial charge in [-0.3, -0.25) is 0 Å². The summed E-state index contributed by atoms with van der Waals surface area (Å²) in [5, 5.41) is 5.66. The van der Waals surface area contributed by atoms with Crippen LogP contribution in [-0.2, 0) is 10.0 Å². The molecule has 0 unspecified atom stereocenters. The van der Waals surface area contributed by atoms with Crippen molar-refractivity contribution in [3.8, 4) is 0 Å². The minimum atomic E-state index is -3.18. The molecule has 0 aliphatic rings. The van der Waals surface area contributed by atoms with Crippen LogP contribution in [0.4, 0.5) is 10.5 Å².